The lowest BCUT2D eigenvalue weighted by atomic mass is 10.0. The molecule has 1 aromatic carbocycles. The van der Waals surface area contributed by atoms with Crippen LogP contribution in [0.1, 0.15) is 28.8 Å². The third-order valence-electron chi connectivity index (χ3n) is 4.66. The summed E-state index contributed by atoms with van der Waals surface area (Å²) in [5, 5.41) is 16.6. The minimum Gasteiger partial charge on any atom is -0.369 e. The number of nitrogens with one attached hydrogen (secondary N) is 2. The highest BCUT2D eigenvalue weighted by Gasteiger charge is 2.17. The van der Waals surface area contributed by atoms with Crippen molar-refractivity contribution in [2.45, 2.75) is 33.6 Å². The van der Waals surface area contributed by atoms with Gasteiger partial charge in [0.15, 0.2) is 0 Å². The Hall–Kier alpha value is -2.91. The number of aryl methyl sites for hydroxylation is 3. The van der Waals surface area contributed by atoms with E-state index < -0.39 is 0 Å². The van der Waals surface area contributed by atoms with Crippen molar-refractivity contribution in [1.82, 2.24) is 20.2 Å². The van der Waals surface area contributed by atoms with Crippen LogP contribution in [0.5, 0.6) is 0 Å². The predicted octanol–water partition coefficient (Wildman–Crippen LogP) is 4.83. The fraction of sp³-hybridized carbons (Fsp3) is 0.286. The van der Waals surface area contributed by atoms with Crippen molar-refractivity contribution in [3.05, 3.63) is 46.0 Å². The molecule has 30 heavy (non-hydrogen) atoms. The van der Waals surface area contributed by atoms with E-state index in [1.165, 1.54) is 21.8 Å². The molecule has 3 heterocycles. The number of hydrogen-bond donors (Lipinski definition) is 2. The topological polar surface area (TPSA) is 92.7 Å². The van der Waals surface area contributed by atoms with Crippen LogP contribution in [0, 0.1) is 13.8 Å². The number of carbonyl (C=O) groups excluding carboxylic acids is 1. The highest BCUT2D eigenvalue weighted by molar-refractivity contribution is 7.19. The summed E-state index contributed by atoms with van der Waals surface area (Å²) >= 11 is 3.06. The molecule has 0 aliphatic heterocycles. The summed E-state index contributed by atoms with van der Waals surface area (Å²) in [6, 6.07) is 8.47. The Balaban J connectivity index is 1.50. The zero-order valence-electron chi connectivity index (χ0n) is 17.0. The van der Waals surface area contributed by atoms with E-state index in [2.05, 4.69) is 68.9 Å². The van der Waals surface area contributed by atoms with E-state index in [0.29, 0.717) is 18.1 Å². The normalized spacial score (nSPS) is 11.0. The molecular weight excluding hydrogens is 416 g/mol. The number of hydrogen-bond acceptors (Lipinski definition) is 8. The number of rotatable bonds is 7. The van der Waals surface area contributed by atoms with Crippen molar-refractivity contribution in [3.63, 3.8) is 0 Å². The number of aromatic nitrogens is 4. The van der Waals surface area contributed by atoms with Crippen LogP contribution in [-0.4, -0.2) is 32.6 Å². The lowest BCUT2D eigenvalue weighted by molar-refractivity contribution is -0.115. The van der Waals surface area contributed by atoms with Gasteiger partial charge in [-0.05, 0) is 25.8 Å². The van der Waals surface area contributed by atoms with Gasteiger partial charge >= 0.3 is 0 Å². The molecule has 3 aromatic heterocycles. The molecule has 0 aliphatic carbocycles. The molecule has 0 saturated carbocycles. The summed E-state index contributed by atoms with van der Waals surface area (Å²) in [7, 11) is 0. The Labute approximate surface area is 182 Å². The van der Waals surface area contributed by atoms with Crippen molar-refractivity contribution in [1.29, 1.82) is 0 Å². The third kappa shape index (κ3) is 4.31. The molecule has 0 fully saturated rings. The van der Waals surface area contributed by atoms with Gasteiger partial charge in [0.25, 0.3) is 0 Å². The predicted molar refractivity (Wildman–Crippen MR) is 123 cm³/mol. The number of carbonyl (C=O) groups is 1. The minimum atomic E-state index is -0.105. The van der Waals surface area contributed by atoms with Crippen LogP contribution < -0.4 is 10.6 Å². The largest absolute Gasteiger partial charge is 0.369 e. The Morgan fingerprint density at radius 3 is 2.60 bits per heavy atom. The van der Waals surface area contributed by atoms with E-state index in [1.54, 1.807) is 17.7 Å². The molecule has 1 amide bonds. The van der Waals surface area contributed by atoms with Crippen LogP contribution >= 0.6 is 22.7 Å². The fourth-order valence-electron chi connectivity index (χ4n) is 3.17. The van der Waals surface area contributed by atoms with E-state index in [1.807, 2.05) is 6.92 Å². The van der Waals surface area contributed by atoms with Crippen molar-refractivity contribution in [3.8, 4) is 11.1 Å². The quantitative estimate of drug-likeness (QED) is 0.429. The lowest BCUT2D eigenvalue weighted by Crippen LogP contribution is -2.16. The average Bonchev–Trinajstić information content (AvgIpc) is 3.32. The highest BCUT2D eigenvalue weighted by atomic mass is 32.1. The van der Waals surface area contributed by atoms with Gasteiger partial charge in [-0.25, -0.2) is 9.97 Å². The van der Waals surface area contributed by atoms with E-state index >= 15 is 0 Å². The fourth-order valence-corrected chi connectivity index (χ4v) is 4.88. The summed E-state index contributed by atoms with van der Waals surface area (Å²) in [6.07, 6.45) is 2.67. The van der Waals surface area contributed by atoms with Crippen molar-refractivity contribution >= 4 is 49.7 Å². The van der Waals surface area contributed by atoms with Gasteiger partial charge in [-0.15, -0.1) is 21.5 Å². The molecule has 0 radical (unpaired) electrons. The lowest BCUT2D eigenvalue weighted by Gasteiger charge is -2.09. The number of thiophene rings is 1. The van der Waals surface area contributed by atoms with Gasteiger partial charge in [0.05, 0.1) is 5.39 Å². The zero-order valence-corrected chi connectivity index (χ0v) is 18.7. The van der Waals surface area contributed by atoms with E-state index in [9.17, 15) is 4.79 Å². The summed E-state index contributed by atoms with van der Waals surface area (Å²) in [5.74, 6) is 0.642. The van der Waals surface area contributed by atoms with Crippen LogP contribution in [-0.2, 0) is 11.2 Å². The first-order valence-electron chi connectivity index (χ1n) is 9.72. The molecule has 9 heteroatoms. The molecule has 0 spiro atoms. The first-order chi connectivity index (χ1) is 14.5. The number of anilines is 2. The molecule has 154 valence electrons. The van der Waals surface area contributed by atoms with Gasteiger partial charge < -0.3 is 10.6 Å². The maximum absolute atomic E-state index is 12.2. The van der Waals surface area contributed by atoms with Gasteiger partial charge in [-0.2, -0.15) is 0 Å². The van der Waals surface area contributed by atoms with Crippen LogP contribution in [0.3, 0.4) is 0 Å². The molecule has 2 N–H and O–H groups in total. The Bertz CT molecular complexity index is 1180. The number of amides is 1. The second kappa shape index (κ2) is 8.85. The number of benzene rings is 1. The molecular formula is C21H22N6OS2. The third-order valence-corrected chi connectivity index (χ3v) is 6.66. The summed E-state index contributed by atoms with van der Waals surface area (Å²) in [5.41, 5.74) is 3.50. The summed E-state index contributed by atoms with van der Waals surface area (Å²) < 4.78 is 0. The molecule has 4 aromatic rings. The average molecular weight is 439 g/mol. The van der Waals surface area contributed by atoms with Crippen molar-refractivity contribution < 1.29 is 4.79 Å². The first-order valence-corrected chi connectivity index (χ1v) is 11.4. The number of nitrogens with zero attached hydrogens (tertiary/aromatic N) is 4. The van der Waals surface area contributed by atoms with E-state index in [-0.39, 0.29) is 5.91 Å². The highest BCUT2D eigenvalue weighted by Crippen LogP contribution is 2.40. The Morgan fingerprint density at radius 2 is 1.87 bits per heavy atom. The van der Waals surface area contributed by atoms with Crippen LogP contribution in [0.15, 0.2) is 30.6 Å². The smallest absolute Gasteiger partial charge is 0.227 e. The van der Waals surface area contributed by atoms with Crippen molar-refractivity contribution in [2.24, 2.45) is 0 Å². The van der Waals surface area contributed by atoms with Gasteiger partial charge in [-0.1, -0.05) is 48.1 Å². The van der Waals surface area contributed by atoms with Crippen molar-refractivity contribution in [2.75, 3.05) is 17.2 Å². The Morgan fingerprint density at radius 1 is 1.07 bits per heavy atom. The molecule has 0 bridgehead atoms. The Kier molecular flexibility index (Phi) is 6.01. The molecule has 0 atom stereocenters. The monoisotopic (exact) mass is 438 g/mol. The summed E-state index contributed by atoms with van der Waals surface area (Å²) in [4.78, 5) is 23.3. The van der Waals surface area contributed by atoms with Gasteiger partial charge in [0, 0.05) is 23.4 Å². The second-order valence-electron chi connectivity index (χ2n) is 6.88. The zero-order chi connectivity index (χ0) is 21.1. The SMILES string of the molecule is CCc1nnc(NC(=O)CCNc2ncnc3sc(C)c(-c4ccc(C)cc4)c23)s1. The maximum Gasteiger partial charge on any atom is 0.227 e. The van der Waals surface area contributed by atoms with E-state index in [4.69, 9.17) is 0 Å². The van der Waals surface area contributed by atoms with Gasteiger partial charge in [-0.3, -0.25) is 4.79 Å². The van der Waals surface area contributed by atoms with Crippen LogP contribution in [0.25, 0.3) is 21.3 Å². The molecule has 7 nitrogen and oxygen atoms in total. The molecule has 0 saturated heterocycles. The maximum atomic E-state index is 12.2. The van der Waals surface area contributed by atoms with E-state index in [0.717, 1.165) is 38.6 Å². The molecule has 0 unspecified atom stereocenters. The standard InChI is InChI=1S/C21H22N6OS2/c1-4-16-26-27-21(30-16)25-15(28)9-10-22-19-18-17(14-7-5-12(2)6-8-14)13(3)29-20(18)24-11-23-19/h5-8,11H,4,9-10H2,1-3H3,(H,22,23,24)(H,25,27,28). The molecule has 0 aliphatic rings. The first kappa shape index (κ1) is 20.4. The minimum absolute atomic E-state index is 0.105. The number of fused-ring (bicyclic) bond motifs is 1. The van der Waals surface area contributed by atoms with Crippen LogP contribution in [0.2, 0.25) is 0 Å². The second-order valence-corrected chi connectivity index (χ2v) is 9.15. The van der Waals surface area contributed by atoms with Gasteiger partial charge in [0.2, 0.25) is 11.0 Å². The molecule has 4 rings (SSSR count). The van der Waals surface area contributed by atoms with Gasteiger partial charge in [0.1, 0.15) is 22.0 Å². The van der Waals surface area contributed by atoms with Crippen LogP contribution in [0.4, 0.5) is 10.9 Å². The summed E-state index contributed by atoms with van der Waals surface area (Å²) in [6.45, 7) is 6.65.